The van der Waals surface area contributed by atoms with Gasteiger partial charge in [-0.3, -0.25) is 4.79 Å². The zero-order valence-electron chi connectivity index (χ0n) is 15.1. The van der Waals surface area contributed by atoms with Crippen LogP contribution in [0.15, 0.2) is 33.3 Å². The third-order valence-electron chi connectivity index (χ3n) is 5.53. The van der Waals surface area contributed by atoms with Crippen molar-refractivity contribution in [2.45, 2.75) is 44.4 Å². The van der Waals surface area contributed by atoms with Gasteiger partial charge in [-0.1, -0.05) is 22.4 Å². The van der Waals surface area contributed by atoms with Crippen LogP contribution in [0.4, 0.5) is 0 Å². The maximum atomic E-state index is 12.8. The molecule has 1 aliphatic heterocycles. The fourth-order valence-corrected chi connectivity index (χ4v) is 3.88. The first-order valence-corrected chi connectivity index (χ1v) is 9.70. The Bertz CT molecular complexity index is 959. The molecule has 27 heavy (non-hydrogen) atoms. The highest BCUT2D eigenvalue weighted by molar-refractivity contribution is 5.86. The Labute approximate surface area is 156 Å². The van der Waals surface area contributed by atoms with Crippen LogP contribution in [-0.4, -0.2) is 39.2 Å². The summed E-state index contributed by atoms with van der Waals surface area (Å²) in [6.45, 7) is 1.53. The molecule has 1 aromatic carbocycles. The molecule has 7 nitrogen and oxygen atoms in total. The van der Waals surface area contributed by atoms with Gasteiger partial charge < -0.3 is 13.9 Å². The number of aromatic nitrogens is 3. The van der Waals surface area contributed by atoms with Crippen molar-refractivity contribution < 1.29 is 13.8 Å². The molecule has 0 bridgehead atoms. The van der Waals surface area contributed by atoms with Gasteiger partial charge in [-0.25, -0.2) is 0 Å². The summed E-state index contributed by atoms with van der Waals surface area (Å²) in [5, 5.41) is 9.09. The number of amides is 1. The summed E-state index contributed by atoms with van der Waals surface area (Å²) < 4.78 is 10.7. The molecule has 3 heterocycles. The molecule has 140 valence electrons. The summed E-state index contributed by atoms with van der Waals surface area (Å²) in [6, 6.07) is 7.65. The minimum atomic E-state index is 0.1000. The van der Waals surface area contributed by atoms with E-state index in [-0.39, 0.29) is 12.3 Å². The highest BCUT2D eigenvalue weighted by Crippen LogP contribution is 2.38. The van der Waals surface area contributed by atoms with E-state index in [0.717, 1.165) is 49.1 Å². The van der Waals surface area contributed by atoms with Crippen molar-refractivity contribution in [1.82, 2.24) is 20.2 Å². The number of hydrogen-bond acceptors (Lipinski definition) is 6. The summed E-state index contributed by atoms with van der Waals surface area (Å²) in [5.41, 5.74) is 1.43. The Balaban J connectivity index is 1.22. The van der Waals surface area contributed by atoms with E-state index in [9.17, 15) is 4.79 Å². The van der Waals surface area contributed by atoms with Gasteiger partial charge in [0.15, 0.2) is 11.4 Å². The van der Waals surface area contributed by atoms with Crippen LogP contribution < -0.4 is 0 Å². The van der Waals surface area contributed by atoms with Gasteiger partial charge >= 0.3 is 0 Å². The molecule has 3 aromatic rings. The number of para-hydroxylation sites is 1. The third kappa shape index (κ3) is 3.46. The molecule has 1 aliphatic carbocycles. The van der Waals surface area contributed by atoms with Crippen molar-refractivity contribution >= 4 is 16.9 Å². The van der Waals surface area contributed by atoms with Gasteiger partial charge in [0.05, 0.1) is 6.42 Å². The number of carbonyl (C=O) groups is 1. The van der Waals surface area contributed by atoms with Crippen LogP contribution in [0, 0.1) is 5.92 Å². The maximum absolute atomic E-state index is 12.8. The average Bonchev–Trinajstić information content (AvgIpc) is 3.32. The largest absolute Gasteiger partial charge is 0.356 e. The number of fused-ring (bicyclic) bond motifs is 1. The summed E-state index contributed by atoms with van der Waals surface area (Å²) in [6.07, 6.45) is 5.44. The fourth-order valence-electron chi connectivity index (χ4n) is 3.88. The van der Waals surface area contributed by atoms with E-state index < -0.39 is 0 Å². The zero-order chi connectivity index (χ0) is 18.2. The number of likely N-dealkylation sites (tertiary alicyclic amines) is 1. The normalized spacial score (nSPS) is 20.3. The number of rotatable bonds is 5. The second kappa shape index (κ2) is 6.79. The minimum Gasteiger partial charge on any atom is -0.356 e. The van der Waals surface area contributed by atoms with Crippen LogP contribution in [0.25, 0.3) is 11.0 Å². The van der Waals surface area contributed by atoms with Gasteiger partial charge in [0.25, 0.3) is 0 Å². The molecule has 1 unspecified atom stereocenters. The Morgan fingerprint density at radius 3 is 2.93 bits per heavy atom. The predicted octanol–water partition coefficient (Wildman–Crippen LogP) is 3.11. The molecule has 2 aromatic heterocycles. The topological polar surface area (TPSA) is 85.3 Å². The van der Waals surface area contributed by atoms with Crippen LogP contribution in [-0.2, 0) is 17.6 Å². The van der Waals surface area contributed by atoms with Crippen LogP contribution in [0.5, 0.6) is 0 Å². The van der Waals surface area contributed by atoms with Crippen LogP contribution in [0.2, 0.25) is 0 Å². The SMILES string of the molecule is O=C(Cc1noc2ccccc12)N1CCCC(Cc2nc(C3CC3)no2)C1. The number of carbonyl (C=O) groups excluding carboxylic acids is 1. The first kappa shape index (κ1) is 16.5. The Morgan fingerprint density at radius 1 is 1.15 bits per heavy atom. The van der Waals surface area contributed by atoms with Crippen molar-refractivity contribution in [2.75, 3.05) is 13.1 Å². The molecule has 1 saturated heterocycles. The first-order valence-electron chi connectivity index (χ1n) is 9.70. The maximum Gasteiger partial charge on any atom is 0.228 e. The Hall–Kier alpha value is -2.70. The second-order valence-electron chi connectivity index (χ2n) is 7.67. The molecule has 0 radical (unpaired) electrons. The van der Waals surface area contributed by atoms with E-state index >= 15 is 0 Å². The van der Waals surface area contributed by atoms with Crippen LogP contribution in [0.3, 0.4) is 0 Å². The lowest BCUT2D eigenvalue weighted by Gasteiger charge is -2.32. The van der Waals surface area contributed by atoms with Crippen molar-refractivity contribution in [1.29, 1.82) is 0 Å². The Morgan fingerprint density at radius 2 is 2.04 bits per heavy atom. The number of hydrogen-bond donors (Lipinski definition) is 0. The highest BCUT2D eigenvalue weighted by atomic mass is 16.5. The van der Waals surface area contributed by atoms with Gasteiger partial charge in [-0.05, 0) is 43.7 Å². The molecular formula is C20H22N4O3. The van der Waals surface area contributed by atoms with E-state index in [1.807, 2.05) is 29.2 Å². The summed E-state index contributed by atoms with van der Waals surface area (Å²) in [4.78, 5) is 19.3. The lowest BCUT2D eigenvalue weighted by atomic mass is 9.94. The molecule has 1 amide bonds. The van der Waals surface area contributed by atoms with Gasteiger partial charge in [0.1, 0.15) is 5.69 Å². The number of piperidine rings is 1. The molecule has 0 spiro atoms. The molecule has 7 heteroatoms. The molecular weight excluding hydrogens is 344 g/mol. The third-order valence-corrected chi connectivity index (χ3v) is 5.53. The van der Waals surface area contributed by atoms with E-state index in [1.54, 1.807) is 0 Å². The highest BCUT2D eigenvalue weighted by Gasteiger charge is 2.30. The van der Waals surface area contributed by atoms with Crippen molar-refractivity contribution in [3.05, 3.63) is 41.7 Å². The fraction of sp³-hybridized carbons (Fsp3) is 0.500. The van der Waals surface area contributed by atoms with Crippen molar-refractivity contribution in [3.63, 3.8) is 0 Å². The van der Waals surface area contributed by atoms with E-state index in [2.05, 4.69) is 15.3 Å². The Kier molecular flexibility index (Phi) is 4.14. The van der Waals surface area contributed by atoms with E-state index in [1.165, 1.54) is 12.8 Å². The van der Waals surface area contributed by atoms with Crippen LogP contribution in [0.1, 0.15) is 49.0 Å². The monoisotopic (exact) mass is 366 g/mol. The summed E-state index contributed by atoms with van der Waals surface area (Å²) in [5.74, 6) is 2.53. The average molecular weight is 366 g/mol. The lowest BCUT2D eigenvalue weighted by Crippen LogP contribution is -2.41. The number of nitrogens with zero attached hydrogens (tertiary/aromatic N) is 4. The smallest absolute Gasteiger partial charge is 0.228 e. The first-order chi connectivity index (χ1) is 13.3. The van der Waals surface area contributed by atoms with Gasteiger partial charge in [0.2, 0.25) is 11.8 Å². The van der Waals surface area contributed by atoms with Crippen LogP contribution >= 0.6 is 0 Å². The van der Waals surface area contributed by atoms with Gasteiger partial charge in [-0.2, -0.15) is 4.98 Å². The second-order valence-corrected chi connectivity index (χ2v) is 7.67. The molecule has 0 N–H and O–H groups in total. The molecule has 2 aliphatic rings. The molecule has 5 rings (SSSR count). The standard InChI is InChI=1S/C20H22N4O3/c25-19(11-16-15-5-1-2-6-17(15)26-22-16)24-9-3-4-13(12-24)10-18-21-20(23-27-18)14-7-8-14/h1-2,5-6,13-14H,3-4,7-12H2. The van der Waals surface area contributed by atoms with Gasteiger partial charge in [-0.15, -0.1) is 0 Å². The zero-order valence-corrected chi connectivity index (χ0v) is 15.1. The minimum absolute atomic E-state index is 0.1000. The summed E-state index contributed by atoms with van der Waals surface area (Å²) >= 11 is 0. The van der Waals surface area contributed by atoms with Gasteiger partial charge in [0, 0.05) is 30.8 Å². The van der Waals surface area contributed by atoms with Crippen molar-refractivity contribution in [3.8, 4) is 0 Å². The molecule has 1 saturated carbocycles. The van der Waals surface area contributed by atoms with E-state index in [4.69, 9.17) is 9.05 Å². The lowest BCUT2D eigenvalue weighted by molar-refractivity contribution is -0.132. The molecule has 1 atom stereocenters. The van der Waals surface area contributed by atoms with Crippen molar-refractivity contribution in [2.24, 2.45) is 5.92 Å². The van der Waals surface area contributed by atoms with E-state index in [0.29, 0.717) is 23.4 Å². The predicted molar refractivity (Wildman–Crippen MR) is 97.0 cm³/mol. The summed E-state index contributed by atoms with van der Waals surface area (Å²) in [7, 11) is 0. The molecule has 2 fully saturated rings. The quantitative estimate of drug-likeness (QED) is 0.690. The number of benzene rings is 1.